The van der Waals surface area contributed by atoms with Gasteiger partial charge in [-0.1, -0.05) is 42.5 Å². The summed E-state index contributed by atoms with van der Waals surface area (Å²) in [5.74, 6) is -0.126. The van der Waals surface area contributed by atoms with Gasteiger partial charge in [-0.2, -0.15) is 0 Å². The first-order valence-electron chi connectivity index (χ1n) is 6.83. The molecule has 110 valence electrons. The molecule has 0 aliphatic carbocycles. The van der Waals surface area contributed by atoms with Gasteiger partial charge in [0.05, 0.1) is 0 Å². The minimum absolute atomic E-state index is 0.339. The molecule has 1 N–H and O–H groups in total. The summed E-state index contributed by atoms with van der Waals surface area (Å²) in [5.41, 5.74) is 2.07. The zero-order valence-electron chi connectivity index (χ0n) is 11.7. The van der Waals surface area contributed by atoms with E-state index in [9.17, 15) is 4.79 Å². The molecule has 0 atom stereocenters. The van der Waals surface area contributed by atoms with Crippen molar-refractivity contribution in [2.75, 3.05) is 0 Å². The normalized spacial score (nSPS) is 10.4. The lowest BCUT2D eigenvalue weighted by atomic mass is 10.2. The van der Waals surface area contributed by atoms with E-state index in [0.29, 0.717) is 11.5 Å². The van der Waals surface area contributed by atoms with Crippen LogP contribution >= 0.6 is 11.3 Å². The molecule has 3 aromatic rings. The third kappa shape index (κ3) is 3.35. The molecule has 0 aliphatic heterocycles. The molecule has 0 aliphatic rings. The number of benzene rings is 2. The molecule has 1 aromatic heterocycles. The summed E-state index contributed by atoms with van der Waals surface area (Å²) in [5, 5.41) is 9.00. The van der Waals surface area contributed by atoms with Crippen LogP contribution in [0.2, 0.25) is 0 Å². The number of carboxylic acids is 1. The monoisotopic (exact) mass is 310 g/mol. The molecule has 0 amide bonds. The second kappa shape index (κ2) is 6.45. The Bertz CT molecular complexity index is 778. The fourth-order valence-electron chi connectivity index (χ4n) is 2.09. The molecular weight excluding hydrogens is 296 g/mol. The Morgan fingerprint density at radius 1 is 1.00 bits per heavy atom. The number of hydrogen-bond acceptors (Lipinski definition) is 3. The van der Waals surface area contributed by atoms with Gasteiger partial charge in [0.25, 0.3) is 0 Å². The van der Waals surface area contributed by atoms with E-state index in [1.807, 2.05) is 60.7 Å². The molecular formula is C18H14O3S. The number of carbonyl (C=O) groups is 1. The van der Waals surface area contributed by atoms with Gasteiger partial charge >= 0.3 is 5.97 Å². The van der Waals surface area contributed by atoms with Crippen LogP contribution in [0.25, 0.3) is 10.4 Å². The summed E-state index contributed by atoms with van der Waals surface area (Å²) in [6.07, 6.45) is 0. The fourth-order valence-corrected chi connectivity index (χ4v) is 2.93. The van der Waals surface area contributed by atoms with Crippen LogP contribution < -0.4 is 4.74 Å². The van der Waals surface area contributed by atoms with E-state index in [2.05, 4.69) is 0 Å². The highest BCUT2D eigenvalue weighted by molar-refractivity contribution is 7.17. The number of thiophene rings is 1. The highest BCUT2D eigenvalue weighted by atomic mass is 32.1. The first-order chi connectivity index (χ1) is 10.7. The highest BCUT2D eigenvalue weighted by Gasteiger charge is 2.09. The Balaban J connectivity index is 1.75. The van der Waals surface area contributed by atoms with Crippen LogP contribution in [-0.2, 0) is 6.61 Å². The molecule has 0 saturated carbocycles. The van der Waals surface area contributed by atoms with E-state index in [4.69, 9.17) is 9.84 Å². The molecule has 1 heterocycles. The molecule has 0 fully saturated rings. The molecule has 4 heteroatoms. The summed E-state index contributed by atoms with van der Waals surface area (Å²) in [6.45, 7) is 0.509. The van der Waals surface area contributed by atoms with Gasteiger partial charge in [-0.05, 0) is 35.4 Å². The Kier molecular flexibility index (Phi) is 4.21. The number of rotatable bonds is 5. The highest BCUT2D eigenvalue weighted by Crippen LogP contribution is 2.30. The SMILES string of the molecule is O=C(O)c1ccc(-c2cccc(OCc3ccccc3)c2)s1. The number of hydrogen-bond donors (Lipinski definition) is 1. The molecule has 0 unspecified atom stereocenters. The van der Waals surface area contributed by atoms with Crippen LogP contribution in [0.4, 0.5) is 0 Å². The van der Waals surface area contributed by atoms with Gasteiger partial charge in [0.2, 0.25) is 0 Å². The Labute approximate surface area is 132 Å². The smallest absolute Gasteiger partial charge is 0.345 e. The predicted molar refractivity (Wildman–Crippen MR) is 87.5 cm³/mol. The largest absolute Gasteiger partial charge is 0.489 e. The third-order valence-corrected chi connectivity index (χ3v) is 4.31. The summed E-state index contributed by atoms with van der Waals surface area (Å²) < 4.78 is 5.80. The lowest BCUT2D eigenvalue weighted by Gasteiger charge is -2.07. The van der Waals surface area contributed by atoms with E-state index in [-0.39, 0.29) is 0 Å². The van der Waals surface area contributed by atoms with E-state index in [0.717, 1.165) is 21.8 Å². The van der Waals surface area contributed by atoms with Crippen LogP contribution in [0.5, 0.6) is 5.75 Å². The molecule has 3 nitrogen and oxygen atoms in total. The molecule has 0 radical (unpaired) electrons. The van der Waals surface area contributed by atoms with E-state index >= 15 is 0 Å². The van der Waals surface area contributed by atoms with Gasteiger partial charge in [-0.15, -0.1) is 11.3 Å². The van der Waals surface area contributed by atoms with Crippen molar-refractivity contribution in [1.29, 1.82) is 0 Å². The zero-order chi connectivity index (χ0) is 15.4. The van der Waals surface area contributed by atoms with Gasteiger partial charge in [-0.3, -0.25) is 0 Å². The van der Waals surface area contributed by atoms with E-state index < -0.39 is 5.97 Å². The number of carboxylic acid groups (broad SMARTS) is 1. The fraction of sp³-hybridized carbons (Fsp3) is 0.0556. The van der Waals surface area contributed by atoms with Gasteiger partial charge in [0.15, 0.2) is 0 Å². The molecule has 3 rings (SSSR count). The standard InChI is InChI=1S/C18H14O3S/c19-18(20)17-10-9-16(22-17)14-7-4-8-15(11-14)21-12-13-5-2-1-3-6-13/h1-11H,12H2,(H,19,20). The summed E-state index contributed by atoms with van der Waals surface area (Å²) in [7, 11) is 0. The van der Waals surface area contributed by atoms with Crippen molar-refractivity contribution in [2.24, 2.45) is 0 Å². The minimum Gasteiger partial charge on any atom is -0.489 e. The molecule has 0 bridgehead atoms. The topological polar surface area (TPSA) is 46.5 Å². The average Bonchev–Trinajstić information content (AvgIpc) is 3.05. The Morgan fingerprint density at radius 2 is 1.82 bits per heavy atom. The van der Waals surface area contributed by atoms with Crippen LogP contribution in [0.15, 0.2) is 66.7 Å². The quantitative estimate of drug-likeness (QED) is 0.743. The first kappa shape index (κ1) is 14.4. The maximum absolute atomic E-state index is 11.0. The van der Waals surface area contributed by atoms with Crippen molar-refractivity contribution in [2.45, 2.75) is 6.61 Å². The lowest BCUT2D eigenvalue weighted by Crippen LogP contribution is -1.94. The van der Waals surface area contributed by atoms with Gasteiger partial charge < -0.3 is 9.84 Å². The Morgan fingerprint density at radius 3 is 2.55 bits per heavy atom. The summed E-state index contributed by atoms with van der Waals surface area (Å²) in [6, 6.07) is 21.1. The van der Waals surface area contributed by atoms with E-state index in [1.54, 1.807) is 6.07 Å². The average molecular weight is 310 g/mol. The van der Waals surface area contributed by atoms with Crippen molar-refractivity contribution in [3.8, 4) is 16.2 Å². The van der Waals surface area contributed by atoms with Crippen molar-refractivity contribution >= 4 is 17.3 Å². The van der Waals surface area contributed by atoms with Gasteiger partial charge in [0.1, 0.15) is 17.2 Å². The predicted octanol–water partition coefficient (Wildman–Crippen LogP) is 4.69. The third-order valence-electron chi connectivity index (χ3n) is 3.18. The first-order valence-corrected chi connectivity index (χ1v) is 7.64. The maximum atomic E-state index is 11.0. The molecule has 2 aromatic carbocycles. The Hall–Kier alpha value is -2.59. The second-order valence-electron chi connectivity index (χ2n) is 4.77. The van der Waals surface area contributed by atoms with Crippen LogP contribution in [-0.4, -0.2) is 11.1 Å². The lowest BCUT2D eigenvalue weighted by molar-refractivity contribution is 0.0702. The number of ether oxygens (including phenoxy) is 1. The summed E-state index contributed by atoms with van der Waals surface area (Å²) >= 11 is 1.26. The maximum Gasteiger partial charge on any atom is 0.345 e. The van der Waals surface area contributed by atoms with Crippen LogP contribution in [0.1, 0.15) is 15.2 Å². The van der Waals surface area contributed by atoms with Gasteiger partial charge in [-0.25, -0.2) is 4.79 Å². The number of aromatic carboxylic acids is 1. The molecule has 0 saturated heterocycles. The molecule has 0 spiro atoms. The van der Waals surface area contributed by atoms with Crippen LogP contribution in [0.3, 0.4) is 0 Å². The van der Waals surface area contributed by atoms with E-state index in [1.165, 1.54) is 11.3 Å². The zero-order valence-corrected chi connectivity index (χ0v) is 12.5. The van der Waals surface area contributed by atoms with Crippen molar-refractivity contribution < 1.29 is 14.6 Å². The van der Waals surface area contributed by atoms with Crippen molar-refractivity contribution in [3.05, 3.63) is 77.2 Å². The van der Waals surface area contributed by atoms with Crippen molar-refractivity contribution in [3.63, 3.8) is 0 Å². The summed E-state index contributed by atoms with van der Waals surface area (Å²) in [4.78, 5) is 12.2. The minimum atomic E-state index is -0.896. The second-order valence-corrected chi connectivity index (χ2v) is 5.85. The molecule has 22 heavy (non-hydrogen) atoms. The van der Waals surface area contributed by atoms with Crippen molar-refractivity contribution in [1.82, 2.24) is 0 Å². The van der Waals surface area contributed by atoms with Crippen LogP contribution in [0, 0.1) is 0 Å². The van der Waals surface area contributed by atoms with Gasteiger partial charge in [0, 0.05) is 4.88 Å².